The maximum atomic E-state index is 11.8. The fraction of sp³-hybridized carbons (Fsp3) is 0.533. The molecule has 2 atom stereocenters. The molecule has 1 aliphatic rings. The highest BCUT2D eigenvalue weighted by Crippen LogP contribution is 2.28. The molecule has 1 fully saturated rings. The van der Waals surface area contributed by atoms with Crippen molar-refractivity contribution in [1.29, 1.82) is 0 Å². The third kappa shape index (κ3) is 2.88. The zero-order valence-electron chi connectivity index (χ0n) is 12.5. The van der Waals surface area contributed by atoms with E-state index in [9.17, 15) is 4.79 Å². The number of nitrogens with two attached hydrogens (primary N) is 1. The van der Waals surface area contributed by atoms with E-state index in [1.807, 2.05) is 26.8 Å². The summed E-state index contributed by atoms with van der Waals surface area (Å²) in [5.74, 6) is -0.401. The van der Waals surface area contributed by atoms with Crippen molar-refractivity contribution in [2.24, 2.45) is 0 Å². The molecule has 1 aromatic carbocycles. The highest BCUT2D eigenvalue weighted by Gasteiger charge is 2.24. The molecule has 0 saturated carbocycles. The lowest BCUT2D eigenvalue weighted by atomic mass is 10.1. The third-order valence-electron chi connectivity index (χ3n) is 3.56. The van der Waals surface area contributed by atoms with Crippen LogP contribution in [0.2, 0.25) is 0 Å². The van der Waals surface area contributed by atoms with E-state index < -0.39 is 5.97 Å². The number of carbonyl (C=O) groups is 1. The van der Waals surface area contributed by atoms with Crippen LogP contribution in [0.15, 0.2) is 12.1 Å². The number of carbonyl (C=O) groups excluding carboxylic acids is 1. The zero-order chi connectivity index (χ0) is 14.9. The predicted octanol–water partition coefficient (Wildman–Crippen LogP) is 1.98. The Morgan fingerprint density at radius 1 is 1.35 bits per heavy atom. The van der Waals surface area contributed by atoms with Gasteiger partial charge in [-0.25, -0.2) is 4.79 Å². The largest absolute Gasteiger partial charge is 0.465 e. The summed E-state index contributed by atoms with van der Waals surface area (Å²) >= 11 is 0. The van der Waals surface area contributed by atoms with Crippen LogP contribution in [-0.2, 0) is 9.47 Å². The molecule has 0 aromatic heterocycles. The molecule has 20 heavy (non-hydrogen) atoms. The number of hydrogen-bond acceptors (Lipinski definition) is 5. The number of nitrogens with zero attached hydrogens (tertiary/aromatic N) is 1. The Bertz CT molecular complexity index is 506. The lowest BCUT2D eigenvalue weighted by molar-refractivity contribution is -0.00521. The van der Waals surface area contributed by atoms with Gasteiger partial charge < -0.3 is 20.1 Å². The predicted molar refractivity (Wildman–Crippen MR) is 79.2 cm³/mol. The summed E-state index contributed by atoms with van der Waals surface area (Å²) in [5, 5.41) is 0. The first kappa shape index (κ1) is 14.7. The summed E-state index contributed by atoms with van der Waals surface area (Å²) in [7, 11) is 1.36. The number of benzene rings is 1. The topological polar surface area (TPSA) is 64.8 Å². The van der Waals surface area contributed by atoms with Crippen LogP contribution in [0, 0.1) is 6.92 Å². The minimum absolute atomic E-state index is 0.165. The van der Waals surface area contributed by atoms with Gasteiger partial charge in [-0.3, -0.25) is 0 Å². The quantitative estimate of drug-likeness (QED) is 0.662. The van der Waals surface area contributed by atoms with E-state index >= 15 is 0 Å². The second-order valence-electron chi connectivity index (χ2n) is 5.38. The Balaban J connectivity index is 2.37. The average molecular weight is 278 g/mol. The van der Waals surface area contributed by atoms with Crippen molar-refractivity contribution in [2.45, 2.75) is 33.0 Å². The van der Waals surface area contributed by atoms with Gasteiger partial charge in [-0.1, -0.05) is 0 Å². The first-order chi connectivity index (χ1) is 9.42. The highest BCUT2D eigenvalue weighted by atomic mass is 16.5. The molecule has 1 aromatic rings. The first-order valence-electron chi connectivity index (χ1n) is 6.81. The number of hydrogen-bond donors (Lipinski definition) is 1. The van der Waals surface area contributed by atoms with Crippen LogP contribution in [0.4, 0.5) is 11.4 Å². The Hall–Kier alpha value is -1.75. The summed E-state index contributed by atoms with van der Waals surface area (Å²) in [4.78, 5) is 14.0. The van der Waals surface area contributed by atoms with Crippen molar-refractivity contribution in [3.8, 4) is 0 Å². The van der Waals surface area contributed by atoms with Crippen LogP contribution in [-0.4, -0.2) is 38.4 Å². The third-order valence-corrected chi connectivity index (χ3v) is 3.56. The van der Waals surface area contributed by atoms with Crippen LogP contribution >= 0.6 is 0 Å². The lowest BCUT2D eigenvalue weighted by Crippen LogP contribution is -2.45. The Kier molecular flexibility index (Phi) is 4.18. The van der Waals surface area contributed by atoms with Crippen LogP contribution < -0.4 is 10.6 Å². The maximum Gasteiger partial charge on any atom is 0.340 e. The van der Waals surface area contributed by atoms with Crippen molar-refractivity contribution < 1.29 is 14.3 Å². The first-order valence-corrected chi connectivity index (χ1v) is 6.81. The van der Waals surface area contributed by atoms with Gasteiger partial charge in [0.25, 0.3) is 0 Å². The van der Waals surface area contributed by atoms with Gasteiger partial charge in [-0.15, -0.1) is 0 Å². The normalized spacial score (nSPS) is 22.7. The smallest absolute Gasteiger partial charge is 0.340 e. The molecule has 0 spiro atoms. The zero-order valence-corrected chi connectivity index (χ0v) is 12.5. The van der Waals surface area contributed by atoms with Crippen LogP contribution in [0.1, 0.15) is 29.8 Å². The summed E-state index contributed by atoms with van der Waals surface area (Å²) in [6.07, 6.45) is 0.330. The summed E-state index contributed by atoms with van der Waals surface area (Å²) in [5.41, 5.74) is 8.74. The molecule has 1 saturated heterocycles. The minimum Gasteiger partial charge on any atom is -0.465 e. The van der Waals surface area contributed by atoms with Crippen molar-refractivity contribution in [2.75, 3.05) is 30.8 Å². The van der Waals surface area contributed by atoms with Crippen LogP contribution in [0.25, 0.3) is 0 Å². The van der Waals surface area contributed by atoms with E-state index in [4.69, 9.17) is 15.2 Å². The van der Waals surface area contributed by atoms with E-state index in [2.05, 4.69) is 4.90 Å². The number of nitrogen functional groups attached to an aromatic ring is 1. The highest BCUT2D eigenvalue weighted by molar-refractivity contribution is 5.97. The molecule has 0 aliphatic carbocycles. The van der Waals surface area contributed by atoms with Gasteiger partial charge in [0.05, 0.1) is 24.9 Å². The maximum absolute atomic E-state index is 11.8. The monoisotopic (exact) mass is 278 g/mol. The van der Waals surface area contributed by atoms with Gasteiger partial charge in [0.2, 0.25) is 0 Å². The summed E-state index contributed by atoms with van der Waals surface area (Å²) in [6.45, 7) is 7.60. The van der Waals surface area contributed by atoms with Gasteiger partial charge in [-0.05, 0) is 38.5 Å². The van der Waals surface area contributed by atoms with Crippen molar-refractivity contribution in [1.82, 2.24) is 0 Å². The van der Waals surface area contributed by atoms with Gasteiger partial charge >= 0.3 is 5.97 Å². The molecule has 0 radical (unpaired) electrons. The number of aryl methyl sites for hydroxylation is 1. The van der Waals surface area contributed by atoms with Gasteiger partial charge in [0.15, 0.2) is 0 Å². The molecule has 1 heterocycles. The molecule has 110 valence electrons. The van der Waals surface area contributed by atoms with E-state index in [0.717, 1.165) is 24.3 Å². The molecule has 0 bridgehead atoms. The average Bonchev–Trinajstić information content (AvgIpc) is 2.39. The van der Waals surface area contributed by atoms with E-state index in [1.54, 1.807) is 6.07 Å². The second kappa shape index (κ2) is 5.71. The number of esters is 1. The van der Waals surface area contributed by atoms with Gasteiger partial charge in [0, 0.05) is 24.5 Å². The summed E-state index contributed by atoms with van der Waals surface area (Å²) in [6, 6.07) is 3.81. The molecule has 0 unspecified atom stereocenters. The van der Waals surface area contributed by atoms with Crippen molar-refractivity contribution >= 4 is 17.3 Å². The van der Waals surface area contributed by atoms with Gasteiger partial charge in [-0.2, -0.15) is 0 Å². The number of methoxy groups -OCH3 is 1. The Morgan fingerprint density at radius 3 is 2.50 bits per heavy atom. The SMILES string of the molecule is COC(=O)c1cc(N2C[C@@H](C)O[C@@H](C)C2)cc(C)c1N. The molecule has 2 N–H and O–H groups in total. The van der Waals surface area contributed by atoms with Gasteiger partial charge in [0.1, 0.15) is 0 Å². The summed E-state index contributed by atoms with van der Waals surface area (Å²) < 4.78 is 10.5. The van der Waals surface area contributed by atoms with Crippen LogP contribution in [0.5, 0.6) is 0 Å². The molecular weight excluding hydrogens is 256 g/mol. The standard InChI is InChI=1S/C15H22N2O3/c1-9-5-12(6-13(14(9)16)15(18)19-4)17-7-10(2)20-11(3)8-17/h5-6,10-11H,7-8,16H2,1-4H3/t10-,11+. The number of rotatable bonds is 2. The molecule has 2 rings (SSSR count). The van der Waals surface area contributed by atoms with E-state index in [-0.39, 0.29) is 12.2 Å². The lowest BCUT2D eigenvalue weighted by Gasteiger charge is -2.37. The second-order valence-corrected chi connectivity index (χ2v) is 5.38. The Labute approximate surface area is 119 Å². The number of morpholine rings is 1. The Morgan fingerprint density at radius 2 is 1.95 bits per heavy atom. The van der Waals surface area contributed by atoms with Crippen molar-refractivity contribution in [3.05, 3.63) is 23.3 Å². The van der Waals surface area contributed by atoms with Crippen molar-refractivity contribution in [3.63, 3.8) is 0 Å². The molecule has 1 aliphatic heterocycles. The molecule has 0 amide bonds. The fourth-order valence-electron chi connectivity index (χ4n) is 2.63. The molecule has 5 nitrogen and oxygen atoms in total. The number of ether oxygens (including phenoxy) is 2. The molecular formula is C15H22N2O3. The fourth-order valence-corrected chi connectivity index (χ4v) is 2.63. The van der Waals surface area contributed by atoms with E-state index in [0.29, 0.717) is 11.3 Å². The van der Waals surface area contributed by atoms with E-state index in [1.165, 1.54) is 7.11 Å². The minimum atomic E-state index is -0.401. The molecule has 5 heteroatoms. The van der Waals surface area contributed by atoms with Crippen LogP contribution in [0.3, 0.4) is 0 Å². The number of anilines is 2.